The molecule has 8 nitrogen and oxygen atoms in total. The van der Waals surface area contributed by atoms with Crippen LogP contribution >= 0.6 is 23.4 Å². The number of nitrogens with one attached hydrogen (secondary N) is 1. The number of thioether (sulfide) groups is 1. The van der Waals surface area contributed by atoms with Crippen molar-refractivity contribution >= 4 is 40.8 Å². The van der Waals surface area contributed by atoms with Crippen LogP contribution in [0.1, 0.15) is 36.4 Å². The maximum atomic E-state index is 12.9. The Bertz CT molecular complexity index is 1270. The maximum Gasteiger partial charge on any atom is 0.269 e. The average molecular weight is 468 g/mol. The molecule has 3 aromatic rings. The number of rotatable bonds is 5. The van der Waals surface area contributed by atoms with Gasteiger partial charge >= 0.3 is 0 Å². The fourth-order valence-electron chi connectivity index (χ4n) is 4.07. The first-order chi connectivity index (χ1) is 15.5. The summed E-state index contributed by atoms with van der Waals surface area (Å²) >= 11 is 7.70. The van der Waals surface area contributed by atoms with Gasteiger partial charge in [-0.2, -0.15) is 4.98 Å². The number of hydrogen-bond donors (Lipinski definition) is 1. The number of nitro benzene ring substituents is 1. The largest absolute Gasteiger partial charge is 0.328 e. The van der Waals surface area contributed by atoms with Gasteiger partial charge < -0.3 is 5.32 Å². The molecule has 1 N–H and O–H groups in total. The Balaban J connectivity index is 1.54. The first-order valence-corrected chi connectivity index (χ1v) is 11.5. The van der Waals surface area contributed by atoms with Gasteiger partial charge in [0, 0.05) is 40.6 Å². The molecule has 2 heterocycles. The normalized spacial score (nSPS) is 17.5. The SMILES string of the molecule is O=C1CCCC2=C1[C@@H](c1cccc([N+](=O)[O-])c1)n1nc(SCc3ccccc3Cl)nc1N2. The third kappa shape index (κ3) is 3.78. The first-order valence-electron chi connectivity index (χ1n) is 10.1. The second-order valence-corrected chi connectivity index (χ2v) is 8.94. The lowest BCUT2D eigenvalue weighted by Gasteiger charge is -2.32. The highest BCUT2D eigenvalue weighted by Gasteiger charge is 2.37. The number of carbonyl (C=O) groups excluding carboxylic acids is 1. The predicted molar refractivity (Wildman–Crippen MR) is 122 cm³/mol. The van der Waals surface area contributed by atoms with Crippen LogP contribution in [0.4, 0.5) is 11.6 Å². The minimum absolute atomic E-state index is 0.0265. The molecular weight excluding hydrogens is 450 g/mol. The summed E-state index contributed by atoms with van der Waals surface area (Å²) in [7, 11) is 0. The summed E-state index contributed by atoms with van der Waals surface area (Å²) in [6.45, 7) is 0. The Morgan fingerprint density at radius 2 is 2.06 bits per heavy atom. The number of carbonyl (C=O) groups is 1. The summed E-state index contributed by atoms with van der Waals surface area (Å²) < 4.78 is 1.66. The summed E-state index contributed by atoms with van der Waals surface area (Å²) in [5, 5.41) is 20.5. The summed E-state index contributed by atoms with van der Waals surface area (Å²) in [6, 6.07) is 13.4. The van der Waals surface area contributed by atoms with E-state index in [1.807, 2.05) is 24.3 Å². The number of halogens is 1. The zero-order chi connectivity index (χ0) is 22.2. The fraction of sp³-hybridized carbons (Fsp3) is 0.227. The number of allylic oxidation sites excluding steroid dienone is 2. The van der Waals surface area contributed by atoms with Crippen LogP contribution in [0.3, 0.4) is 0 Å². The lowest BCUT2D eigenvalue weighted by molar-refractivity contribution is -0.384. The third-order valence-electron chi connectivity index (χ3n) is 5.56. The molecule has 5 rings (SSSR count). The monoisotopic (exact) mass is 467 g/mol. The van der Waals surface area contributed by atoms with Crippen molar-refractivity contribution in [3.05, 3.63) is 86.1 Å². The van der Waals surface area contributed by atoms with E-state index in [1.54, 1.807) is 16.8 Å². The number of ketones is 1. The van der Waals surface area contributed by atoms with Crippen molar-refractivity contribution in [3.8, 4) is 0 Å². The fourth-order valence-corrected chi connectivity index (χ4v) is 5.19. The van der Waals surface area contributed by atoms with Gasteiger partial charge in [0.25, 0.3) is 5.69 Å². The minimum atomic E-state index is -0.559. The van der Waals surface area contributed by atoms with E-state index < -0.39 is 11.0 Å². The zero-order valence-corrected chi connectivity index (χ0v) is 18.4. The van der Waals surface area contributed by atoms with Crippen molar-refractivity contribution in [1.29, 1.82) is 0 Å². The molecule has 0 unspecified atom stereocenters. The molecule has 1 aliphatic carbocycles. The van der Waals surface area contributed by atoms with Crippen LogP contribution in [0.5, 0.6) is 0 Å². The number of benzene rings is 2. The molecule has 2 aliphatic rings. The molecule has 1 aromatic heterocycles. The van der Waals surface area contributed by atoms with E-state index in [0.29, 0.717) is 39.4 Å². The maximum absolute atomic E-state index is 12.9. The molecule has 2 aromatic carbocycles. The van der Waals surface area contributed by atoms with Crippen molar-refractivity contribution in [1.82, 2.24) is 14.8 Å². The second kappa shape index (κ2) is 8.40. The van der Waals surface area contributed by atoms with E-state index in [4.69, 9.17) is 11.6 Å². The van der Waals surface area contributed by atoms with Crippen molar-refractivity contribution in [3.63, 3.8) is 0 Å². The van der Waals surface area contributed by atoms with E-state index in [9.17, 15) is 14.9 Å². The van der Waals surface area contributed by atoms with Crippen LogP contribution in [0, 0.1) is 10.1 Å². The lowest BCUT2D eigenvalue weighted by atomic mass is 9.85. The van der Waals surface area contributed by atoms with Crippen LogP contribution in [0.2, 0.25) is 5.02 Å². The number of non-ortho nitro benzene ring substituents is 1. The zero-order valence-electron chi connectivity index (χ0n) is 16.8. The average Bonchev–Trinajstić information content (AvgIpc) is 3.20. The molecule has 162 valence electrons. The van der Waals surface area contributed by atoms with Gasteiger partial charge in [-0.3, -0.25) is 14.9 Å². The van der Waals surface area contributed by atoms with Crippen molar-refractivity contribution in [2.45, 2.75) is 36.2 Å². The Hall–Kier alpha value is -3.17. The Labute approximate surface area is 192 Å². The standard InChI is InChI=1S/C22H18ClN5O3S/c23-16-8-2-1-5-14(16)12-32-22-25-21-24-17-9-4-10-18(29)19(17)20(27(21)26-22)13-6-3-7-15(11-13)28(30)31/h1-3,5-8,11,20H,4,9-10,12H2,(H,24,25,26)/t20-/m1/s1. The predicted octanol–water partition coefficient (Wildman–Crippen LogP) is 5.15. The second-order valence-electron chi connectivity index (χ2n) is 7.59. The van der Waals surface area contributed by atoms with Crippen LogP contribution in [-0.4, -0.2) is 25.5 Å². The lowest BCUT2D eigenvalue weighted by Crippen LogP contribution is -2.31. The van der Waals surface area contributed by atoms with Gasteiger partial charge in [-0.05, 0) is 30.0 Å². The number of Topliss-reactive ketones (excluding diaryl/α,β-unsaturated/α-hetero) is 1. The summed E-state index contributed by atoms with van der Waals surface area (Å²) in [6.07, 6.45) is 1.93. The van der Waals surface area contributed by atoms with E-state index >= 15 is 0 Å². The smallest absolute Gasteiger partial charge is 0.269 e. The number of anilines is 1. The molecule has 0 fully saturated rings. The van der Waals surface area contributed by atoms with Gasteiger partial charge in [0.05, 0.1) is 4.92 Å². The van der Waals surface area contributed by atoms with Gasteiger partial charge in [-0.1, -0.05) is 53.7 Å². The molecular formula is C22H18ClN5O3S. The molecule has 32 heavy (non-hydrogen) atoms. The molecule has 0 bridgehead atoms. The quantitative estimate of drug-likeness (QED) is 0.314. The third-order valence-corrected chi connectivity index (χ3v) is 6.82. The van der Waals surface area contributed by atoms with Gasteiger partial charge in [0.15, 0.2) is 5.78 Å². The number of aromatic nitrogens is 3. The number of nitro groups is 1. The van der Waals surface area contributed by atoms with Crippen LogP contribution in [-0.2, 0) is 10.5 Å². The highest BCUT2D eigenvalue weighted by Crippen LogP contribution is 2.41. The van der Waals surface area contributed by atoms with E-state index in [0.717, 1.165) is 24.1 Å². The molecule has 0 saturated heterocycles. The Morgan fingerprint density at radius 1 is 1.22 bits per heavy atom. The summed E-state index contributed by atoms with van der Waals surface area (Å²) in [4.78, 5) is 28.4. The van der Waals surface area contributed by atoms with Crippen molar-refractivity contribution in [2.24, 2.45) is 0 Å². The Kier molecular flexibility index (Phi) is 5.44. The van der Waals surface area contributed by atoms with Crippen LogP contribution < -0.4 is 5.32 Å². The van der Waals surface area contributed by atoms with Crippen LogP contribution in [0.15, 0.2) is 65.0 Å². The van der Waals surface area contributed by atoms with Gasteiger partial charge in [0.1, 0.15) is 6.04 Å². The highest BCUT2D eigenvalue weighted by molar-refractivity contribution is 7.98. The van der Waals surface area contributed by atoms with Gasteiger partial charge in [-0.15, -0.1) is 5.10 Å². The van der Waals surface area contributed by atoms with E-state index in [2.05, 4.69) is 15.4 Å². The van der Waals surface area contributed by atoms with Crippen molar-refractivity contribution < 1.29 is 9.72 Å². The van der Waals surface area contributed by atoms with E-state index in [-0.39, 0.29) is 11.5 Å². The van der Waals surface area contributed by atoms with E-state index in [1.165, 1.54) is 23.9 Å². The topological polar surface area (TPSA) is 103 Å². The number of nitrogens with zero attached hydrogens (tertiary/aromatic N) is 4. The number of fused-ring (bicyclic) bond motifs is 1. The Morgan fingerprint density at radius 3 is 2.88 bits per heavy atom. The van der Waals surface area contributed by atoms with Gasteiger partial charge in [-0.25, -0.2) is 4.68 Å². The van der Waals surface area contributed by atoms with Gasteiger partial charge in [0.2, 0.25) is 11.1 Å². The minimum Gasteiger partial charge on any atom is -0.328 e. The highest BCUT2D eigenvalue weighted by atomic mass is 35.5. The molecule has 0 radical (unpaired) electrons. The van der Waals surface area contributed by atoms with Crippen LogP contribution in [0.25, 0.3) is 0 Å². The summed E-state index contributed by atoms with van der Waals surface area (Å²) in [5.74, 6) is 1.15. The first kappa shape index (κ1) is 20.7. The molecule has 0 amide bonds. The molecule has 1 atom stereocenters. The molecule has 10 heteroatoms. The summed E-state index contributed by atoms with van der Waals surface area (Å²) in [5.41, 5.74) is 3.01. The molecule has 0 spiro atoms. The molecule has 0 saturated carbocycles. The molecule has 1 aliphatic heterocycles. The van der Waals surface area contributed by atoms with Crippen molar-refractivity contribution in [2.75, 3.05) is 5.32 Å². The number of hydrogen-bond acceptors (Lipinski definition) is 7.